The minimum Gasteiger partial charge on any atom is -0.323 e. The first-order chi connectivity index (χ1) is 9.04. The van der Waals surface area contributed by atoms with Crippen LogP contribution in [0.25, 0.3) is 0 Å². The van der Waals surface area contributed by atoms with Gasteiger partial charge in [-0.3, -0.25) is 10.8 Å². The average Bonchev–Trinajstić information content (AvgIpc) is 2.82. The molecule has 0 aliphatic rings. The molecule has 0 radical (unpaired) electrons. The van der Waals surface area contributed by atoms with E-state index in [4.69, 9.17) is 5.84 Å². The van der Waals surface area contributed by atoms with Crippen LogP contribution in [0, 0.1) is 6.92 Å². The van der Waals surface area contributed by atoms with Crippen molar-refractivity contribution in [3.63, 3.8) is 0 Å². The van der Waals surface area contributed by atoms with Gasteiger partial charge >= 0.3 is 0 Å². The van der Waals surface area contributed by atoms with E-state index >= 15 is 0 Å². The average molecular weight is 298 g/mol. The monoisotopic (exact) mass is 298 g/mol. The molecule has 102 valence electrons. The maximum Gasteiger partial charge on any atom is 0.244 e. The molecule has 0 aromatic carbocycles. The molecule has 0 aliphatic heterocycles. The van der Waals surface area contributed by atoms with Crippen LogP contribution >= 0.6 is 11.3 Å². The van der Waals surface area contributed by atoms with Crippen LogP contribution in [0.2, 0.25) is 0 Å². The number of hydrogen-bond acceptors (Lipinski definition) is 6. The molecule has 8 heteroatoms. The number of nitrogens with one attached hydrogen (secondary N) is 2. The molecule has 0 fully saturated rings. The van der Waals surface area contributed by atoms with Crippen LogP contribution in [-0.4, -0.2) is 13.4 Å². The number of nitrogens with two attached hydrogens (primary N) is 1. The second-order valence-corrected chi connectivity index (χ2v) is 6.40. The Hall–Kier alpha value is -1.48. The number of aromatic nitrogens is 1. The number of nitrogens with zero attached hydrogens (tertiary/aromatic N) is 1. The largest absolute Gasteiger partial charge is 0.323 e. The SMILES string of the molecule is Cc1cscc1CNS(=O)(=O)c1cnccc1NN. The number of pyridine rings is 1. The molecule has 2 heterocycles. The van der Waals surface area contributed by atoms with Crippen LogP contribution in [0.1, 0.15) is 11.1 Å². The van der Waals surface area contributed by atoms with Crippen molar-refractivity contribution in [2.24, 2.45) is 5.84 Å². The van der Waals surface area contributed by atoms with Crippen LogP contribution in [-0.2, 0) is 16.6 Å². The van der Waals surface area contributed by atoms with E-state index in [9.17, 15) is 8.42 Å². The molecule has 0 spiro atoms. The molecule has 2 aromatic heterocycles. The Morgan fingerprint density at radius 1 is 1.42 bits per heavy atom. The molecule has 0 atom stereocenters. The summed E-state index contributed by atoms with van der Waals surface area (Å²) in [5.74, 6) is 5.29. The number of anilines is 1. The maximum absolute atomic E-state index is 12.2. The van der Waals surface area contributed by atoms with E-state index in [-0.39, 0.29) is 11.4 Å². The number of sulfonamides is 1. The molecule has 0 saturated carbocycles. The van der Waals surface area contributed by atoms with Crippen LogP contribution in [0.4, 0.5) is 5.69 Å². The molecule has 0 saturated heterocycles. The third-order valence-electron chi connectivity index (χ3n) is 2.64. The molecule has 2 aromatic rings. The van der Waals surface area contributed by atoms with Gasteiger partial charge in [0.1, 0.15) is 4.90 Å². The summed E-state index contributed by atoms with van der Waals surface area (Å²) in [6.07, 6.45) is 2.73. The number of aryl methyl sites for hydroxylation is 1. The van der Waals surface area contributed by atoms with Crippen molar-refractivity contribution in [2.45, 2.75) is 18.4 Å². The summed E-state index contributed by atoms with van der Waals surface area (Å²) in [7, 11) is -3.65. The summed E-state index contributed by atoms with van der Waals surface area (Å²) in [4.78, 5) is 3.84. The van der Waals surface area contributed by atoms with Gasteiger partial charge in [0.05, 0.1) is 5.69 Å². The van der Waals surface area contributed by atoms with E-state index in [0.717, 1.165) is 11.1 Å². The Balaban J connectivity index is 2.21. The van der Waals surface area contributed by atoms with Gasteiger partial charge in [0.25, 0.3) is 0 Å². The summed E-state index contributed by atoms with van der Waals surface area (Å²) >= 11 is 1.54. The summed E-state index contributed by atoms with van der Waals surface area (Å²) in [6.45, 7) is 2.19. The van der Waals surface area contributed by atoms with Gasteiger partial charge in [0.2, 0.25) is 10.0 Å². The van der Waals surface area contributed by atoms with Gasteiger partial charge in [-0.15, -0.1) is 0 Å². The number of hydrogen-bond donors (Lipinski definition) is 3. The van der Waals surface area contributed by atoms with Gasteiger partial charge in [0.15, 0.2) is 0 Å². The van der Waals surface area contributed by atoms with E-state index in [1.54, 1.807) is 11.3 Å². The van der Waals surface area contributed by atoms with Gasteiger partial charge in [-0.25, -0.2) is 13.1 Å². The number of rotatable bonds is 5. The van der Waals surface area contributed by atoms with Crippen LogP contribution in [0.3, 0.4) is 0 Å². The fourth-order valence-corrected chi connectivity index (χ4v) is 3.51. The zero-order valence-corrected chi connectivity index (χ0v) is 11.9. The number of hydrazine groups is 1. The zero-order valence-electron chi connectivity index (χ0n) is 10.3. The van der Waals surface area contributed by atoms with Gasteiger partial charge < -0.3 is 5.43 Å². The highest BCUT2D eigenvalue weighted by atomic mass is 32.2. The molecule has 0 bridgehead atoms. The minimum absolute atomic E-state index is 0.0328. The van der Waals surface area contributed by atoms with Crippen LogP contribution in [0.15, 0.2) is 34.1 Å². The lowest BCUT2D eigenvalue weighted by Gasteiger charge is -2.10. The van der Waals surface area contributed by atoms with Crippen molar-refractivity contribution in [3.8, 4) is 0 Å². The normalized spacial score (nSPS) is 11.5. The second-order valence-electron chi connectivity index (χ2n) is 3.92. The molecule has 6 nitrogen and oxygen atoms in total. The lowest BCUT2D eigenvalue weighted by Crippen LogP contribution is -2.25. The first-order valence-corrected chi connectivity index (χ1v) is 7.89. The summed E-state index contributed by atoms with van der Waals surface area (Å²) in [6, 6.07) is 1.50. The van der Waals surface area contributed by atoms with Gasteiger partial charge in [-0.2, -0.15) is 11.3 Å². The van der Waals surface area contributed by atoms with E-state index in [2.05, 4.69) is 15.1 Å². The fraction of sp³-hybridized carbons (Fsp3) is 0.182. The highest BCUT2D eigenvalue weighted by molar-refractivity contribution is 7.89. The summed E-state index contributed by atoms with van der Waals surface area (Å²) in [5, 5.41) is 3.89. The third-order valence-corrected chi connectivity index (χ3v) is 4.98. The van der Waals surface area contributed by atoms with Gasteiger partial charge in [-0.1, -0.05) is 0 Å². The zero-order chi connectivity index (χ0) is 13.9. The van der Waals surface area contributed by atoms with Crippen molar-refractivity contribution in [1.82, 2.24) is 9.71 Å². The molecular weight excluding hydrogens is 284 g/mol. The molecule has 4 N–H and O–H groups in total. The first-order valence-electron chi connectivity index (χ1n) is 5.46. The van der Waals surface area contributed by atoms with Crippen molar-refractivity contribution >= 4 is 27.0 Å². The lowest BCUT2D eigenvalue weighted by atomic mass is 10.2. The topological polar surface area (TPSA) is 97.1 Å². The molecular formula is C11H14N4O2S2. The van der Waals surface area contributed by atoms with Crippen molar-refractivity contribution in [1.29, 1.82) is 0 Å². The third kappa shape index (κ3) is 3.10. The van der Waals surface area contributed by atoms with Crippen molar-refractivity contribution in [3.05, 3.63) is 40.3 Å². The molecule has 0 unspecified atom stereocenters. The Labute approximate surface area is 115 Å². The van der Waals surface area contributed by atoms with Crippen LogP contribution in [0.5, 0.6) is 0 Å². The number of nitrogen functional groups attached to an aromatic ring is 1. The Kier molecular flexibility index (Phi) is 4.15. The Bertz CT molecular complexity index is 667. The smallest absolute Gasteiger partial charge is 0.244 e. The van der Waals surface area contributed by atoms with E-state index in [0.29, 0.717) is 5.69 Å². The maximum atomic E-state index is 12.2. The predicted octanol–water partition coefficient (Wildman–Crippen LogP) is 1.22. The van der Waals surface area contributed by atoms with Crippen molar-refractivity contribution < 1.29 is 8.42 Å². The molecule has 19 heavy (non-hydrogen) atoms. The Morgan fingerprint density at radius 2 is 2.21 bits per heavy atom. The minimum atomic E-state index is -3.65. The molecule has 0 aliphatic carbocycles. The molecule has 2 rings (SSSR count). The summed E-state index contributed by atoms with van der Waals surface area (Å²) in [5.41, 5.74) is 4.68. The number of thiophene rings is 1. The predicted molar refractivity (Wildman–Crippen MR) is 75.1 cm³/mol. The molecule has 0 amide bonds. The first kappa shape index (κ1) is 13.9. The highest BCUT2D eigenvalue weighted by Crippen LogP contribution is 2.19. The second kappa shape index (κ2) is 5.66. The van der Waals surface area contributed by atoms with E-state index in [1.165, 1.54) is 18.5 Å². The van der Waals surface area contributed by atoms with Gasteiger partial charge in [0, 0.05) is 18.9 Å². The fourth-order valence-electron chi connectivity index (χ4n) is 1.53. The summed E-state index contributed by atoms with van der Waals surface area (Å²) < 4.78 is 26.9. The van der Waals surface area contributed by atoms with Crippen LogP contribution < -0.4 is 16.0 Å². The quantitative estimate of drug-likeness (QED) is 0.569. The van der Waals surface area contributed by atoms with E-state index < -0.39 is 10.0 Å². The Morgan fingerprint density at radius 3 is 2.84 bits per heavy atom. The highest BCUT2D eigenvalue weighted by Gasteiger charge is 2.18. The van der Waals surface area contributed by atoms with Crippen molar-refractivity contribution in [2.75, 3.05) is 5.43 Å². The lowest BCUT2D eigenvalue weighted by molar-refractivity contribution is 0.581. The van der Waals surface area contributed by atoms with Gasteiger partial charge in [-0.05, 0) is 34.9 Å². The standard InChI is InChI=1S/C11H14N4O2S2/c1-8-6-18-7-9(8)4-14-19(16,17)11-5-13-3-2-10(11)15-12/h2-3,5-7,14H,4,12H2,1H3,(H,13,15). The van der Waals surface area contributed by atoms with E-state index in [1.807, 2.05) is 17.7 Å².